The maximum atomic E-state index is 12.2. The third-order valence-corrected chi connectivity index (χ3v) is 4.16. The molecule has 5 nitrogen and oxygen atoms in total. The predicted molar refractivity (Wildman–Crippen MR) is 116 cm³/mol. The van der Waals surface area contributed by atoms with E-state index in [2.05, 4.69) is 21.1 Å². The van der Waals surface area contributed by atoms with Crippen molar-refractivity contribution in [3.8, 4) is 0 Å². The number of amides is 1. The third-order valence-electron chi connectivity index (χ3n) is 3.65. The first-order chi connectivity index (χ1) is 13.6. The molecule has 0 spiro atoms. The molecule has 0 aliphatic carbocycles. The molecule has 1 amide bonds. The number of rotatable bonds is 6. The van der Waals surface area contributed by atoms with Crippen molar-refractivity contribution >= 4 is 47.2 Å². The van der Waals surface area contributed by atoms with Gasteiger partial charge < -0.3 is 0 Å². The van der Waals surface area contributed by atoms with E-state index in [9.17, 15) is 4.79 Å². The van der Waals surface area contributed by atoms with Gasteiger partial charge in [0, 0.05) is 15.6 Å². The minimum Gasteiger partial charge on any atom is -0.278 e. The van der Waals surface area contributed by atoms with Gasteiger partial charge in [0.25, 0.3) is 5.91 Å². The molecule has 3 aromatic carbocycles. The zero-order chi connectivity index (χ0) is 19.8. The summed E-state index contributed by atoms with van der Waals surface area (Å²) >= 11 is 11.7. The molecule has 0 aliphatic rings. The Hall–Kier alpha value is -3.15. The van der Waals surface area contributed by atoms with Gasteiger partial charge in [0.1, 0.15) is 0 Å². The zero-order valence-corrected chi connectivity index (χ0v) is 16.2. The van der Waals surface area contributed by atoms with Crippen LogP contribution in [0.5, 0.6) is 0 Å². The number of benzene rings is 3. The van der Waals surface area contributed by atoms with Gasteiger partial charge in [0.15, 0.2) is 0 Å². The van der Waals surface area contributed by atoms with Crippen LogP contribution >= 0.6 is 23.2 Å². The second-order valence-electron chi connectivity index (χ2n) is 5.75. The van der Waals surface area contributed by atoms with Gasteiger partial charge in [-0.3, -0.25) is 10.2 Å². The van der Waals surface area contributed by atoms with Crippen molar-refractivity contribution in [3.05, 3.63) is 99.5 Å². The van der Waals surface area contributed by atoms with Crippen LogP contribution in [0.2, 0.25) is 10.0 Å². The Morgan fingerprint density at radius 1 is 0.786 bits per heavy atom. The number of carbonyl (C=O) groups is 1. The number of hydrazone groups is 2. The molecule has 0 unspecified atom stereocenters. The molecule has 0 bridgehead atoms. The Kier molecular flexibility index (Phi) is 6.78. The van der Waals surface area contributed by atoms with Crippen LogP contribution in [-0.2, 0) is 0 Å². The quantitative estimate of drug-likeness (QED) is 0.432. The summed E-state index contributed by atoms with van der Waals surface area (Å²) in [5.41, 5.74) is 8.26. The smallest absolute Gasteiger partial charge is 0.271 e. The molecule has 0 heterocycles. The lowest BCUT2D eigenvalue weighted by Crippen LogP contribution is -2.17. The van der Waals surface area contributed by atoms with Crippen LogP contribution in [0.15, 0.2) is 83.0 Å². The molecule has 0 radical (unpaired) electrons. The van der Waals surface area contributed by atoms with Crippen molar-refractivity contribution in [2.24, 2.45) is 10.2 Å². The molecule has 3 rings (SSSR count). The van der Waals surface area contributed by atoms with Crippen LogP contribution in [-0.4, -0.2) is 18.3 Å². The standard InChI is InChI=1S/C21H16Cl2N4O/c22-18-8-4-15(5-9-18)13-24-26-20-3-1-2-17(12-20)21(28)27-25-14-16-6-10-19(23)11-7-16/h1-14,26H,(H,27,28). The highest BCUT2D eigenvalue weighted by Crippen LogP contribution is 2.12. The third kappa shape index (κ3) is 5.94. The summed E-state index contributed by atoms with van der Waals surface area (Å²) in [5.74, 6) is -0.324. The van der Waals surface area contributed by atoms with E-state index in [0.717, 1.165) is 11.1 Å². The number of carbonyl (C=O) groups excluding carboxylic acids is 1. The Labute approximate surface area is 172 Å². The Bertz CT molecular complexity index is 1000. The number of halogens is 2. The average molecular weight is 411 g/mol. The molecular formula is C21H16Cl2N4O. The lowest BCUT2D eigenvalue weighted by Gasteiger charge is -2.04. The van der Waals surface area contributed by atoms with Crippen LogP contribution < -0.4 is 10.9 Å². The first-order valence-corrected chi connectivity index (χ1v) is 9.09. The van der Waals surface area contributed by atoms with Crippen molar-refractivity contribution in [3.63, 3.8) is 0 Å². The van der Waals surface area contributed by atoms with Crippen molar-refractivity contribution in [1.29, 1.82) is 0 Å². The minimum atomic E-state index is -0.324. The van der Waals surface area contributed by atoms with Crippen LogP contribution in [0.4, 0.5) is 5.69 Å². The van der Waals surface area contributed by atoms with E-state index >= 15 is 0 Å². The van der Waals surface area contributed by atoms with Gasteiger partial charge in [0.2, 0.25) is 0 Å². The molecular weight excluding hydrogens is 395 g/mol. The Morgan fingerprint density at radius 3 is 1.96 bits per heavy atom. The summed E-state index contributed by atoms with van der Waals surface area (Å²) in [6, 6.07) is 21.4. The average Bonchev–Trinajstić information content (AvgIpc) is 2.71. The van der Waals surface area contributed by atoms with E-state index in [1.54, 1.807) is 67.0 Å². The van der Waals surface area contributed by atoms with E-state index in [1.807, 2.05) is 18.2 Å². The Balaban J connectivity index is 1.58. The second kappa shape index (κ2) is 9.69. The largest absolute Gasteiger partial charge is 0.278 e. The molecule has 0 saturated heterocycles. The molecule has 0 saturated carbocycles. The van der Waals surface area contributed by atoms with Gasteiger partial charge >= 0.3 is 0 Å². The van der Waals surface area contributed by atoms with Crippen molar-refractivity contribution in [2.45, 2.75) is 0 Å². The van der Waals surface area contributed by atoms with Gasteiger partial charge in [-0.05, 0) is 53.6 Å². The highest BCUT2D eigenvalue weighted by Gasteiger charge is 2.04. The fraction of sp³-hybridized carbons (Fsp3) is 0. The van der Waals surface area contributed by atoms with E-state index < -0.39 is 0 Å². The maximum Gasteiger partial charge on any atom is 0.271 e. The number of nitrogens with zero attached hydrogens (tertiary/aromatic N) is 2. The van der Waals surface area contributed by atoms with Gasteiger partial charge in [-0.15, -0.1) is 0 Å². The topological polar surface area (TPSA) is 65.8 Å². The normalized spacial score (nSPS) is 11.1. The summed E-state index contributed by atoms with van der Waals surface area (Å²) in [5, 5.41) is 9.43. The van der Waals surface area contributed by atoms with Crippen LogP contribution in [0.3, 0.4) is 0 Å². The number of nitrogens with one attached hydrogen (secondary N) is 2. The van der Waals surface area contributed by atoms with Gasteiger partial charge in [-0.25, -0.2) is 5.43 Å². The number of hydrogen-bond donors (Lipinski definition) is 2. The van der Waals surface area contributed by atoms with E-state index in [-0.39, 0.29) is 5.91 Å². The molecule has 0 aromatic heterocycles. The molecule has 3 aromatic rings. The van der Waals surface area contributed by atoms with Crippen molar-refractivity contribution < 1.29 is 4.79 Å². The van der Waals surface area contributed by atoms with Gasteiger partial charge in [0.05, 0.1) is 18.1 Å². The monoisotopic (exact) mass is 410 g/mol. The lowest BCUT2D eigenvalue weighted by atomic mass is 10.2. The van der Waals surface area contributed by atoms with Crippen molar-refractivity contribution in [2.75, 3.05) is 5.43 Å². The molecule has 140 valence electrons. The highest BCUT2D eigenvalue weighted by atomic mass is 35.5. The Morgan fingerprint density at radius 2 is 1.36 bits per heavy atom. The number of anilines is 1. The van der Waals surface area contributed by atoms with E-state index in [0.29, 0.717) is 21.3 Å². The molecule has 0 fully saturated rings. The summed E-state index contributed by atoms with van der Waals surface area (Å²) in [6.45, 7) is 0. The molecule has 0 atom stereocenters. The predicted octanol–water partition coefficient (Wildman–Crippen LogP) is 5.20. The number of hydrogen-bond acceptors (Lipinski definition) is 4. The zero-order valence-electron chi connectivity index (χ0n) is 14.6. The summed E-state index contributed by atoms with van der Waals surface area (Å²) in [6.07, 6.45) is 3.21. The summed E-state index contributed by atoms with van der Waals surface area (Å²) < 4.78 is 0. The van der Waals surface area contributed by atoms with Crippen LogP contribution in [0.25, 0.3) is 0 Å². The highest BCUT2D eigenvalue weighted by molar-refractivity contribution is 6.30. The van der Waals surface area contributed by atoms with Crippen LogP contribution in [0.1, 0.15) is 21.5 Å². The fourth-order valence-corrected chi connectivity index (χ4v) is 2.49. The molecule has 7 heteroatoms. The first-order valence-electron chi connectivity index (χ1n) is 8.34. The summed E-state index contributed by atoms with van der Waals surface area (Å²) in [4.78, 5) is 12.2. The van der Waals surface area contributed by atoms with Gasteiger partial charge in [-0.1, -0.05) is 53.5 Å². The van der Waals surface area contributed by atoms with Crippen molar-refractivity contribution in [1.82, 2.24) is 5.43 Å². The molecule has 0 aliphatic heterocycles. The van der Waals surface area contributed by atoms with Gasteiger partial charge in [-0.2, -0.15) is 10.2 Å². The molecule has 2 N–H and O–H groups in total. The summed E-state index contributed by atoms with van der Waals surface area (Å²) in [7, 11) is 0. The minimum absolute atomic E-state index is 0.324. The SMILES string of the molecule is O=C(NN=Cc1ccc(Cl)cc1)c1cccc(NN=Cc2ccc(Cl)cc2)c1. The second-order valence-corrected chi connectivity index (χ2v) is 6.63. The fourth-order valence-electron chi connectivity index (χ4n) is 2.24. The van der Waals surface area contributed by atoms with E-state index in [4.69, 9.17) is 23.2 Å². The lowest BCUT2D eigenvalue weighted by molar-refractivity contribution is 0.0955. The van der Waals surface area contributed by atoms with E-state index in [1.165, 1.54) is 0 Å². The first kappa shape index (κ1) is 19.6. The molecule has 28 heavy (non-hydrogen) atoms. The maximum absolute atomic E-state index is 12.2. The van der Waals surface area contributed by atoms with Crippen LogP contribution in [0, 0.1) is 0 Å².